The van der Waals surface area contributed by atoms with Crippen molar-refractivity contribution in [3.63, 3.8) is 0 Å². The van der Waals surface area contributed by atoms with Crippen LogP contribution in [0.4, 0.5) is 17.3 Å². The molecule has 0 bridgehead atoms. The van der Waals surface area contributed by atoms with E-state index in [4.69, 9.17) is 4.42 Å². The first-order valence-corrected chi connectivity index (χ1v) is 6.56. The minimum Gasteiger partial charge on any atom is -0.444 e. The van der Waals surface area contributed by atoms with Crippen LogP contribution in [-0.2, 0) is 13.0 Å². The van der Waals surface area contributed by atoms with Crippen LogP contribution in [0.3, 0.4) is 0 Å². The SMILES string of the molecule is CCNc1ncnc(NCc2ncc(CC)o2)c1[N+](=O)[O-]. The first-order valence-electron chi connectivity index (χ1n) is 6.56. The van der Waals surface area contributed by atoms with Crippen LogP contribution < -0.4 is 10.6 Å². The highest BCUT2D eigenvalue weighted by Crippen LogP contribution is 2.28. The van der Waals surface area contributed by atoms with E-state index < -0.39 is 4.92 Å². The van der Waals surface area contributed by atoms with Crippen LogP contribution in [0.1, 0.15) is 25.5 Å². The van der Waals surface area contributed by atoms with Crippen LogP contribution in [0.15, 0.2) is 16.9 Å². The zero-order valence-corrected chi connectivity index (χ0v) is 11.8. The van der Waals surface area contributed by atoms with Gasteiger partial charge in [0.05, 0.1) is 17.7 Å². The Morgan fingerprint density at radius 1 is 1.24 bits per heavy atom. The molecule has 2 heterocycles. The summed E-state index contributed by atoms with van der Waals surface area (Å²) in [6.07, 6.45) is 3.64. The number of anilines is 2. The highest BCUT2D eigenvalue weighted by Gasteiger charge is 2.22. The summed E-state index contributed by atoms with van der Waals surface area (Å²) < 4.78 is 5.43. The summed E-state index contributed by atoms with van der Waals surface area (Å²) in [6.45, 7) is 4.52. The third-order valence-electron chi connectivity index (χ3n) is 2.71. The molecule has 0 aliphatic heterocycles. The molecule has 0 aliphatic rings. The largest absolute Gasteiger partial charge is 0.444 e. The van der Waals surface area contributed by atoms with Gasteiger partial charge in [0.25, 0.3) is 0 Å². The first-order chi connectivity index (χ1) is 10.2. The summed E-state index contributed by atoms with van der Waals surface area (Å²) in [5.41, 5.74) is -0.193. The zero-order valence-electron chi connectivity index (χ0n) is 11.8. The van der Waals surface area contributed by atoms with E-state index in [9.17, 15) is 10.1 Å². The average Bonchev–Trinajstić information content (AvgIpc) is 2.93. The second-order valence-corrected chi connectivity index (χ2v) is 4.13. The molecule has 0 radical (unpaired) electrons. The number of oxazole rings is 1. The van der Waals surface area contributed by atoms with Gasteiger partial charge in [-0.05, 0) is 6.92 Å². The van der Waals surface area contributed by atoms with Gasteiger partial charge in [-0.25, -0.2) is 15.0 Å². The van der Waals surface area contributed by atoms with Gasteiger partial charge in [0, 0.05) is 13.0 Å². The van der Waals surface area contributed by atoms with E-state index in [1.807, 2.05) is 13.8 Å². The summed E-state index contributed by atoms with van der Waals surface area (Å²) >= 11 is 0. The second-order valence-electron chi connectivity index (χ2n) is 4.13. The summed E-state index contributed by atoms with van der Waals surface area (Å²) in [5, 5.41) is 16.9. The van der Waals surface area contributed by atoms with Crippen molar-refractivity contribution in [2.24, 2.45) is 0 Å². The predicted molar refractivity (Wildman–Crippen MR) is 76.1 cm³/mol. The maximum Gasteiger partial charge on any atom is 0.353 e. The Balaban J connectivity index is 2.18. The maximum absolute atomic E-state index is 11.2. The van der Waals surface area contributed by atoms with Crippen LogP contribution in [0.2, 0.25) is 0 Å². The number of hydrogen-bond donors (Lipinski definition) is 2. The normalized spacial score (nSPS) is 10.4. The third kappa shape index (κ3) is 3.44. The molecule has 0 amide bonds. The molecule has 2 aromatic heterocycles. The van der Waals surface area contributed by atoms with Crippen molar-refractivity contribution in [3.8, 4) is 0 Å². The Morgan fingerprint density at radius 3 is 2.52 bits per heavy atom. The smallest absolute Gasteiger partial charge is 0.353 e. The predicted octanol–water partition coefficient (Wildman–Crippen LogP) is 1.98. The number of nitrogens with one attached hydrogen (secondary N) is 2. The van der Waals surface area contributed by atoms with Gasteiger partial charge >= 0.3 is 5.69 Å². The van der Waals surface area contributed by atoms with Crippen LogP contribution in [0, 0.1) is 10.1 Å². The Morgan fingerprint density at radius 2 is 1.95 bits per heavy atom. The zero-order chi connectivity index (χ0) is 15.2. The summed E-state index contributed by atoms with van der Waals surface area (Å²) in [6, 6.07) is 0. The van der Waals surface area contributed by atoms with Crippen LogP contribution in [-0.4, -0.2) is 26.4 Å². The molecular formula is C12H16N6O3. The topological polar surface area (TPSA) is 119 Å². The highest BCUT2D eigenvalue weighted by molar-refractivity contribution is 5.69. The lowest BCUT2D eigenvalue weighted by molar-refractivity contribution is -0.383. The van der Waals surface area contributed by atoms with Gasteiger partial charge in [-0.1, -0.05) is 6.92 Å². The van der Waals surface area contributed by atoms with Gasteiger partial charge < -0.3 is 15.1 Å². The van der Waals surface area contributed by atoms with Gasteiger partial charge in [0.15, 0.2) is 0 Å². The fourth-order valence-electron chi connectivity index (χ4n) is 1.73. The quantitative estimate of drug-likeness (QED) is 0.587. The molecule has 0 spiro atoms. The molecular weight excluding hydrogens is 276 g/mol. The van der Waals surface area contributed by atoms with E-state index in [1.54, 1.807) is 6.20 Å². The third-order valence-corrected chi connectivity index (χ3v) is 2.71. The van der Waals surface area contributed by atoms with Crippen molar-refractivity contribution >= 4 is 17.3 Å². The molecule has 0 atom stereocenters. The highest BCUT2D eigenvalue weighted by atomic mass is 16.6. The summed E-state index contributed by atoms with van der Waals surface area (Å²) in [5.74, 6) is 1.52. The van der Waals surface area contributed by atoms with Crippen LogP contribution >= 0.6 is 0 Å². The molecule has 0 fully saturated rings. The van der Waals surface area contributed by atoms with Crippen molar-refractivity contribution in [2.75, 3.05) is 17.2 Å². The average molecular weight is 292 g/mol. The number of aromatic nitrogens is 3. The number of aryl methyl sites for hydroxylation is 1. The van der Waals surface area contributed by atoms with E-state index in [0.717, 1.165) is 12.2 Å². The first kappa shape index (κ1) is 14.7. The Labute approximate surface area is 121 Å². The Kier molecular flexibility index (Phi) is 4.64. The monoisotopic (exact) mass is 292 g/mol. The van der Waals surface area contributed by atoms with Crippen molar-refractivity contribution in [1.29, 1.82) is 0 Å². The molecule has 0 saturated heterocycles. The lowest BCUT2D eigenvalue weighted by Crippen LogP contribution is -2.09. The lowest BCUT2D eigenvalue weighted by Gasteiger charge is -2.07. The molecule has 21 heavy (non-hydrogen) atoms. The van der Waals surface area contributed by atoms with Crippen molar-refractivity contribution in [2.45, 2.75) is 26.8 Å². The fraction of sp³-hybridized carbons (Fsp3) is 0.417. The molecule has 0 aliphatic carbocycles. The van der Waals surface area contributed by atoms with Crippen LogP contribution in [0.25, 0.3) is 0 Å². The number of rotatable bonds is 7. The van der Waals surface area contributed by atoms with E-state index in [0.29, 0.717) is 12.4 Å². The minimum absolute atomic E-state index is 0.127. The fourth-order valence-corrected chi connectivity index (χ4v) is 1.73. The molecule has 0 saturated carbocycles. The molecule has 0 aromatic carbocycles. The number of nitro groups is 1. The maximum atomic E-state index is 11.2. The minimum atomic E-state index is -0.520. The standard InChI is InChI=1S/C12H16N6O3/c1-3-8-5-14-9(21-8)6-15-12-10(18(19)20)11(13-4-2)16-7-17-12/h5,7H,3-4,6H2,1-2H3,(H2,13,15,16,17). The Bertz CT molecular complexity index is 627. The number of hydrogen-bond acceptors (Lipinski definition) is 8. The number of nitrogens with zero attached hydrogens (tertiary/aromatic N) is 4. The molecule has 0 unspecified atom stereocenters. The van der Waals surface area contributed by atoms with Gasteiger partial charge in [-0.3, -0.25) is 10.1 Å². The molecule has 2 aromatic rings. The van der Waals surface area contributed by atoms with Crippen molar-refractivity contribution in [1.82, 2.24) is 15.0 Å². The molecule has 2 rings (SSSR count). The van der Waals surface area contributed by atoms with E-state index in [-0.39, 0.29) is 23.9 Å². The summed E-state index contributed by atoms with van der Waals surface area (Å²) in [4.78, 5) is 22.5. The Hall–Kier alpha value is -2.71. The van der Waals surface area contributed by atoms with Gasteiger partial charge in [0.2, 0.25) is 17.5 Å². The summed E-state index contributed by atoms with van der Waals surface area (Å²) in [7, 11) is 0. The van der Waals surface area contributed by atoms with Gasteiger partial charge in [-0.15, -0.1) is 0 Å². The molecule has 9 nitrogen and oxygen atoms in total. The van der Waals surface area contributed by atoms with E-state index in [1.165, 1.54) is 6.33 Å². The van der Waals surface area contributed by atoms with Crippen LogP contribution in [0.5, 0.6) is 0 Å². The van der Waals surface area contributed by atoms with Crippen molar-refractivity contribution in [3.05, 3.63) is 34.3 Å². The van der Waals surface area contributed by atoms with Gasteiger partial charge in [-0.2, -0.15) is 0 Å². The van der Waals surface area contributed by atoms with E-state index >= 15 is 0 Å². The lowest BCUT2D eigenvalue weighted by atomic mass is 10.4. The van der Waals surface area contributed by atoms with Crippen molar-refractivity contribution < 1.29 is 9.34 Å². The molecule has 2 N–H and O–H groups in total. The molecule has 112 valence electrons. The second kappa shape index (κ2) is 6.64. The van der Waals surface area contributed by atoms with Gasteiger partial charge in [0.1, 0.15) is 12.1 Å². The van der Waals surface area contributed by atoms with E-state index in [2.05, 4.69) is 25.6 Å². The molecule has 9 heteroatoms.